The van der Waals surface area contributed by atoms with Gasteiger partial charge in [-0.25, -0.2) is 0 Å². The summed E-state index contributed by atoms with van der Waals surface area (Å²) in [6.07, 6.45) is 3.22. The quantitative estimate of drug-likeness (QED) is 0.611. The van der Waals surface area contributed by atoms with Crippen molar-refractivity contribution in [2.75, 3.05) is 0 Å². The fourth-order valence-electron chi connectivity index (χ4n) is 2.42. The molecule has 0 heterocycles. The predicted molar refractivity (Wildman–Crippen MR) is 88.3 cm³/mol. The van der Waals surface area contributed by atoms with Gasteiger partial charge in [-0.05, 0) is 42.9 Å². The summed E-state index contributed by atoms with van der Waals surface area (Å²) in [6, 6.07) is 17.1. The molecule has 0 bridgehead atoms. The van der Waals surface area contributed by atoms with Gasteiger partial charge in [0, 0.05) is 10.5 Å². The van der Waals surface area contributed by atoms with E-state index in [1.807, 2.05) is 0 Å². The van der Waals surface area contributed by atoms with Crippen molar-refractivity contribution >= 4 is 15.9 Å². The number of hydrogen-bond acceptors (Lipinski definition) is 2. The summed E-state index contributed by atoms with van der Waals surface area (Å²) >= 11 is 3.66. The van der Waals surface area contributed by atoms with Crippen molar-refractivity contribution in [3.05, 3.63) is 69.7 Å². The molecule has 0 radical (unpaired) electrons. The summed E-state index contributed by atoms with van der Waals surface area (Å²) in [6.45, 7) is 2.10. The molecule has 3 heteroatoms. The zero-order valence-electron chi connectivity index (χ0n) is 11.8. The Kier molecular flexibility index (Phi) is 5.77. The average molecular weight is 333 g/mol. The van der Waals surface area contributed by atoms with E-state index >= 15 is 0 Å². The van der Waals surface area contributed by atoms with E-state index in [1.165, 1.54) is 16.7 Å². The van der Waals surface area contributed by atoms with E-state index < -0.39 is 0 Å². The number of hydrazine groups is 1. The maximum atomic E-state index is 5.73. The normalized spacial score (nSPS) is 12.3. The first-order valence-electron chi connectivity index (χ1n) is 6.97. The molecule has 0 saturated heterocycles. The molecule has 0 amide bonds. The summed E-state index contributed by atoms with van der Waals surface area (Å²) in [5.41, 5.74) is 6.80. The molecule has 0 aromatic heterocycles. The maximum Gasteiger partial charge on any atom is 0.0471 e. The van der Waals surface area contributed by atoms with Gasteiger partial charge in [0.2, 0.25) is 0 Å². The van der Waals surface area contributed by atoms with Crippen molar-refractivity contribution in [3.63, 3.8) is 0 Å². The fourth-order valence-corrected chi connectivity index (χ4v) is 2.96. The highest BCUT2D eigenvalue weighted by Gasteiger charge is 2.13. The highest BCUT2D eigenvalue weighted by molar-refractivity contribution is 9.10. The van der Waals surface area contributed by atoms with E-state index in [0.717, 1.165) is 23.7 Å². The van der Waals surface area contributed by atoms with Gasteiger partial charge in [0.15, 0.2) is 0 Å². The largest absolute Gasteiger partial charge is 0.271 e. The Labute approximate surface area is 129 Å². The fraction of sp³-hybridized carbons (Fsp3) is 0.294. The second-order valence-electron chi connectivity index (χ2n) is 5.08. The Bertz CT molecular complexity index is 540. The number of nitrogens with two attached hydrogens (primary N) is 1. The Hall–Kier alpha value is -1.16. The van der Waals surface area contributed by atoms with Crippen LogP contribution in [0.4, 0.5) is 0 Å². The number of aryl methyl sites for hydroxylation is 2. The standard InChI is InChI=1S/C17H21BrN2/c1-13-7-5-11-15(17(13)18)16(20-19)12-6-10-14-8-3-2-4-9-14/h2-5,7-9,11,16,20H,6,10,12,19H2,1H3. The topological polar surface area (TPSA) is 38.0 Å². The molecule has 1 unspecified atom stereocenters. The monoisotopic (exact) mass is 332 g/mol. The van der Waals surface area contributed by atoms with Crippen LogP contribution in [0.2, 0.25) is 0 Å². The Balaban J connectivity index is 1.97. The van der Waals surface area contributed by atoms with Crippen LogP contribution in [0.3, 0.4) is 0 Å². The predicted octanol–water partition coefficient (Wildman–Crippen LogP) is 4.28. The van der Waals surface area contributed by atoms with Crippen LogP contribution in [-0.2, 0) is 6.42 Å². The Morgan fingerprint density at radius 3 is 2.55 bits per heavy atom. The minimum Gasteiger partial charge on any atom is -0.271 e. The molecule has 2 nitrogen and oxygen atoms in total. The third kappa shape index (κ3) is 3.92. The van der Waals surface area contributed by atoms with E-state index in [1.54, 1.807) is 0 Å². The lowest BCUT2D eigenvalue weighted by Crippen LogP contribution is -2.28. The highest BCUT2D eigenvalue weighted by Crippen LogP contribution is 2.29. The second kappa shape index (κ2) is 7.58. The molecular formula is C17H21BrN2. The zero-order chi connectivity index (χ0) is 14.4. The molecule has 1 atom stereocenters. The van der Waals surface area contributed by atoms with E-state index in [-0.39, 0.29) is 6.04 Å². The number of halogens is 1. The SMILES string of the molecule is Cc1cccc(C(CCCc2ccccc2)NN)c1Br. The molecular weight excluding hydrogens is 312 g/mol. The number of hydrogen-bond donors (Lipinski definition) is 2. The molecule has 0 spiro atoms. The lowest BCUT2D eigenvalue weighted by molar-refractivity contribution is 0.497. The van der Waals surface area contributed by atoms with Gasteiger partial charge in [0.1, 0.15) is 0 Å². The summed E-state index contributed by atoms with van der Waals surface area (Å²) < 4.78 is 1.16. The van der Waals surface area contributed by atoms with Crippen molar-refractivity contribution in [3.8, 4) is 0 Å². The van der Waals surface area contributed by atoms with E-state index in [2.05, 4.69) is 76.8 Å². The van der Waals surface area contributed by atoms with E-state index in [9.17, 15) is 0 Å². The average Bonchev–Trinajstić information content (AvgIpc) is 2.48. The van der Waals surface area contributed by atoms with Crippen LogP contribution in [0.25, 0.3) is 0 Å². The summed E-state index contributed by atoms with van der Waals surface area (Å²) in [7, 11) is 0. The Morgan fingerprint density at radius 1 is 1.10 bits per heavy atom. The van der Waals surface area contributed by atoms with Gasteiger partial charge in [-0.1, -0.05) is 64.5 Å². The van der Waals surface area contributed by atoms with Crippen LogP contribution in [0.5, 0.6) is 0 Å². The van der Waals surface area contributed by atoms with E-state index in [0.29, 0.717) is 0 Å². The molecule has 0 aliphatic heterocycles. The Morgan fingerprint density at radius 2 is 1.85 bits per heavy atom. The first kappa shape index (κ1) is 15.2. The van der Waals surface area contributed by atoms with Gasteiger partial charge in [0.05, 0.1) is 0 Å². The zero-order valence-corrected chi connectivity index (χ0v) is 13.4. The molecule has 0 aliphatic carbocycles. The molecule has 0 fully saturated rings. The van der Waals surface area contributed by atoms with Crippen LogP contribution in [0, 0.1) is 6.92 Å². The first-order valence-corrected chi connectivity index (χ1v) is 7.76. The van der Waals surface area contributed by atoms with Crippen LogP contribution >= 0.6 is 15.9 Å². The highest BCUT2D eigenvalue weighted by atomic mass is 79.9. The maximum absolute atomic E-state index is 5.73. The van der Waals surface area contributed by atoms with E-state index in [4.69, 9.17) is 5.84 Å². The van der Waals surface area contributed by atoms with Crippen LogP contribution in [0.15, 0.2) is 53.0 Å². The minimum atomic E-state index is 0.188. The van der Waals surface area contributed by atoms with Crippen molar-refractivity contribution < 1.29 is 0 Å². The van der Waals surface area contributed by atoms with Crippen molar-refractivity contribution in [2.45, 2.75) is 32.2 Å². The number of benzene rings is 2. The molecule has 106 valence electrons. The molecule has 20 heavy (non-hydrogen) atoms. The molecule has 2 aromatic rings. The second-order valence-corrected chi connectivity index (χ2v) is 5.87. The molecule has 2 aromatic carbocycles. The molecule has 0 aliphatic rings. The molecule has 2 rings (SSSR count). The molecule has 0 saturated carbocycles. The first-order chi connectivity index (χ1) is 9.72. The summed E-state index contributed by atoms with van der Waals surface area (Å²) in [4.78, 5) is 0. The third-order valence-corrected chi connectivity index (χ3v) is 4.68. The third-order valence-electron chi connectivity index (χ3n) is 3.60. The van der Waals surface area contributed by atoms with Crippen molar-refractivity contribution in [2.24, 2.45) is 5.84 Å². The van der Waals surface area contributed by atoms with Crippen LogP contribution < -0.4 is 11.3 Å². The van der Waals surface area contributed by atoms with Gasteiger partial charge in [-0.2, -0.15) is 0 Å². The van der Waals surface area contributed by atoms with Crippen molar-refractivity contribution in [1.82, 2.24) is 5.43 Å². The van der Waals surface area contributed by atoms with Gasteiger partial charge in [-0.15, -0.1) is 0 Å². The lowest BCUT2D eigenvalue weighted by Gasteiger charge is -2.19. The van der Waals surface area contributed by atoms with Gasteiger partial charge < -0.3 is 0 Å². The van der Waals surface area contributed by atoms with Gasteiger partial charge >= 0.3 is 0 Å². The van der Waals surface area contributed by atoms with Crippen LogP contribution in [-0.4, -0.2) is 0 Å². The molecule has 3 N–H and O–H groups in total. The smallest absolute Gasteiger partial charge is 0.0471 e. The van der Waals surface area contributed by atoms with Gasteiger partial charge in [-0.3, -0.25) is 11.3 Å². The summed E-state index contributed by atoms with van der Waals surface area (Å²) in [5.74, 6) is 5.73. The number of rotatable bonds is 6. The minimum absolute atomic E-state index is 0.188. The lowest BCUT2D eigenvalue weighted by atomic mass is 9.98. The summed E-state index contributed by atoms with van der Waals surface area (Å²) in [5, 5.41) is 0. The van der Waals surface area contributed by atoms with Gasteiger partial charge in [0.25, 0.3) is 0 Å². The van der Waals surface area contributed by atoms with Crippen LogP contribution in [0.1, 0.15) is 35.6 Å². The number of nitrogens with one attached hydrogen (secondary N) is 1. The van der Waals surface area contributed by atoms with Crippen molar-refractivity contribution in [1.29, 1.82) is 0 Å².